The number of nitrogens with zero attached hydrogens (tertiary/aromatic N) is 1. The monoisotopic (exact) mass is 426 g/mol. The van der Waals surface area contributed by atoms with Gasteiger partial charge in [0.2, 0.25) is 0 Å². The second-order valence-corrected chi connectivity index (χ2v) is 7.87. The largest absolute Gasteiger partial charge is 0.493 e. The lowest BCUT2D eigenvalue weighted by Gasteiger charge is -2.13. The maximum atomic E-state index is 13.3. The molecule has 1 aromatic heterocycles. The zero-order chi connectivity index (χ0) is 22.7. The summed E-state index contributed by atoms with van der Waals surface area (Å²) in [7, 11) is 3.20. The molecule has 5 heteroatoms. The maximum Gasteiger partial charge on any atom is 0.256 e. The van der Waals surface area contributed by atoms with Gasteiger partial charge in [-0.05, 0) is 53.9 Å². The van der Waals surface area contributed by atoms with Crippen LogP contribution in [0.25, 0.3) is 22.2 Å². The number of hydrogen-bond donors (Lipinski definition) is 1. The molecule has 32 heavy (non-hydrogen) atoms. The van der Waals surface area contributed by atoms with Gasteiger partial charge in [-0.25, -0.2) is 4.98 Å². The molecular formula is C27H26N2O3. The maximum absolute atomic E-state index is 13.3. The van der Waals surface area contributed by atoms with Gasteiger partial charge in [0.05, 0.1) is 31.0 Å². The Morgan fingerprint density at radius 3 is 2.28 bits per heavy atom. The first-order valence-corrected chi connectivity index (χ1v) is 10.5. The fourth-order valence-electron chi connectivity index (χ4n) is 3.66. The first-order valence-electron chi connectivity index (χ1n) is 10.5. The summed E-state index contributed by atoms with van der Waals surface area (Å²) >= 11 is 0. The third kappa shape index (κ3) is 4.28. The Balaban J connectivity index is 1.75. The molecule has 1 amide bonds. The van der Waals surface area contributed by atoms with Gasteiger partial charge in [-0.1, -0.05) is 44.2 Å². The summed E-state index contributed by atoms with van der Waals surface area (Å²) in [6.45, 7) is 4.29. The minimum Gasteiger partial charge on any atom is -0.493 e. The van der Waals surface area contributed by atoms with Crippen LogP contribution in [0.1, 0.15) is 35.7 Å². The zero-order valence-electron chi connectivity index (χ0n) is 18.7. The molecule has 0 saturated heterocycles. The highest BCUT2D eigenvalue weighted by atomic mass is 16.5. The van der Waals surface area contributed by atoms with Gasteiger partial charge < -0.3 is 14.8 Å². The van der Waals surface area contributed by atoms with Crippen molar-refractivity contribution in [3.8, 4) is 22.8 Å². The van der Waals surface area contributed by atoms with E-state index >= 15 is 0 Å². The standard InChI is InChI=1S/C27H26N2O3/c1-17(2)18-9-12-20(13-10-18)28-27(30)22-16-24(29-23-8-6-5-7-21(22)23)19-11-14-25(31-3)26(15-19)32-4/h5-17H,1-4H3,(H,28,30). The van der Waals surface area contributed by atoms with E-state index in [2.05, 4.69) is 19.2 Å². The molecule has 0 unspecified atom stereocenters. The molecule has 5 nitrogen and oxygen atoms in total. The molecule has 0 bridgehead atoms. The number of carbonyl (C=O) groups is 1. The Labute approximate surface area is 188 Å². The average molecular weight is 427 g/mol. The van der Waals surface area contributed by atoms with Gasteiger partial charge in [0, 0.05) is 16.6 Å². The number of anilines is 1. The van der Waals surface area contributed by atoms with Gasteiger partial charge in [0.1, 0.15) is 0 Å². The molecule has 0 spiro atoms. The van der Waals surface area contributed by atoms with E-state index in [0.29, 0.717) is 28.7 Å². The van der Waals surface area contributed by atoms with Crippen LogP contribution < -0.4 is 14.8 Å². The smallest absolute Gasteiger partial charge is 0.256 e. The number of para-hydroxylation sites is 1. The van der Waals surface area contributed by atoms with Crippen molar-refractivity contribution in [2.24, 2.45) is 0 Å². The molecule has 1 heterocycles. The minimum atomic E-state index is -0.178. The predicted molar refractivity (Wildman–Crippen MR) is 129 cm³/mol. The number of rotatable bonds is 6. The topological polar surface area (TPSA) is 60.5 Å². The fraction of sp³-hybridized carbons (Fsp3) is 0.185. The van der Waals surface area contributed by atoms with Crippen molar-refractivity contribution in [3.63, 3.8) is 0 Å². The summed E-state index contributed by atoms with van der Waals surface area (Å²) in [6.07, 6.45) is 0. The number of ether oxygens (including phenoxy) is 2. The molecule has 4 rings (SSSR count). The average Bonchev–Trinajstić information content (AvgIpc) is 2.83. The van der Waals surface area contributed by atoms with Gasteiger partial charge in [0.15, 0.2) is 11.5 Å². The van der Waals surface area contributed by atoms with E-state index in [-0.39, 0.29) is 5.91 Å². The summed E-state index contributed by atoms with van der Waals surface area (Å²) in [5.74, 6) is 1.51. The van der Waals surface area contributed by atoms with Crippen molar-refractivity contribution in [1.82, 2.24) is 4.98 Å². The molecule has 4 aromatic rings. The lowest BCUT2D eigenvalue weighted by Crippen LogP contribution is -2.13. The summed E-state index contributed by atoms with van der Waals surface area (Å²) in [5, 5.41) is 3.82. The van der Waals surface area contributed by atoms with Gasteiger partial charge in [-0.2, -0.15) is 0 Å². The number of fused-ring (bicyclic) bond motifs is 1. The molecule has 0 aliphatic carbocycles. The quantitative estimate of drug-likeness (QED) is 0.393. The lowest BCUT2D eigenvalue weighted by molar-refractivity contribution is 0.102. The third-order valence-corrected chi connectivity index (χ3v) is 5.48. The number of hydrogen-bond acceptors (Lipinski definition) is 4. The van der Waals surface area contributed by atoms with Crippen LogP contribution in [0, 0.1) is 0 Å². The van der Waals surface area contributed by atoms with Crippen molar-refractivity contribution in [2.45, 2.75) is 19.8 Å². The Morgan fingerprint density at radius 2 is 1.59 bits per heavy atom. The molecule has 3 aromatic carbocycles. The molecule has 0 radical (unpaired) electrons. The van der Waals surface area contributed by atoms with Crippen LogP contribution in [0.2, 0.25) is 0 Å². The number of aromatic nitrogens is 1. The molecule has 0 saturated carbocycles. The van der Waals surface area contributed by atoms with E-state index in [1.807, 2.05) is 72.8 Å². The van der Waals surface area contributed by atoms with Crippen molar-refractivity contribution in [3.05, 3.63) is 83.9 Å². The predicted octanol–water partition coefficient (Wildman–Crippen LogP) is 6.29. The summed E-state index contributed by atoms with van der Waals surface area (Å²) in [5.41, 5.74) is 4.82. The van der Waals surface area contributed by atoms with Crippen LogP contribution in [0.3, 0.4) is 0 Å². The summed E-state index contributed by atoms with van der Waals surface area (Å²) < 4.78 is 10.8. The first kappa shape index (κ1) is 21.4. The Morgan fingerprint density at radius 1 is 0.875 bits per heavy atom. The molecule has 0 atom stereocenters. The highest BCUT2D eigenvalue weighted by Gasteiger charge is 2.15. The third-order valence-electron chi connectivity index (χ3n) is 5.48. The number of methoxy groups -OCH3 is 2. The summed E-state index contributed by atoms with van der Waals surface area (Å²) in [6, 6.07) is 23.0. The Bertz CT molecular complexity index is 1260. The van der Waals surface area contributed by atoms with E-state index in [1.54, 1.807) is 14.2 Å². The number of nitrogens with one attached hydrogen (secondary N) is 1. The molecule has 162 valence electrons. The molecular weight excluding hydrogens is 400 g/mol. The van der Waals surface area contributed by atoms with Crippen LogP contribution in [-0.4, -0.2) is 25.1 Å². The van der Waals surface area contributed by atoms with Crippen LogP contribution in [0.4, 0.5) is 5.69 Å². The van der Waals surface area contributed by atoms with Gasteiger partial charge in [-0.15, -0.1) is 0 Å². The van der Waals surface area contributed by atoms with E-state index in [9.17, 15) is 4.79 Å². The normalized spacial score (nSPS) is 10.9. The van der Waals surface area contributed by atoms with Gasteiger partial charge in [0.25, 0.3) is 5.91 Å². The van der Waals surface area contributed by atoms with E-state index < -0.39 is 0 Å². The van der Waals surface area contributed by atoms with Crippen LogP contribution in [0.15, 0.2) is 72.8 Å². The SMILES string of the molecule is COc1ccc(-c2cc(C(=O)Nc3ccc(C(C)C)cc3)c3ccccc3n2)cc1OC. The number of amides is 1. The number of pyridine rings is 1. The molecule has 0 aliphatic rings. The highest BCUT2D eigenvalue weighted by Crippen LogP contribution is 2.33. The highest BCUT2D eigenvalue weighted by molar-refractivity contribution is 6.13. The zero-order valence-corrected chi connectivity index (χ0v) is 18.7. The number of benzene rings is 3. The van der Waals surface area contributed by atoms with Gasteiger partial charge in [-0.3, -0.25) is 4.79 Å². The Kier molecular flexibility index (Phi) is 6.08. The van der Waals surface area contributed by atoms with Crippen molar-refractivity contribution < 1.29 is 14.3 Å². The minimum absolute atomic E-state index is 0.178. The van der Waals surface area contributed by atoms with E-state index in [0.717, 1.165) is 22.2 Å². The van der Waals surface area contributed by atoms with Crippen LogP contribution >= 0.6 is 0 Å². The summed E-state index contributed by atoms with van der Waals surface area (Å²) in [4.78, 5) is 18.1. The van der Waals surface area contributed by atoms with Crippen molar-refractivity contribution in [2.75, 3.05) is 19.5 Å². The van der Waals surface area contributed by atoms with E-state index in [4.69, 9.17) is 14.5 Å². The van der Waals surface area contributed by atoms with Crippen molar-refractivity contribution >= 4 is 22.5 Å². The first-order chi connectivity index (χ1) is 15.5. The number of carbonyl (C=O) groups excluding carboxylic acids is 1. The molecule has 1 N–H and O–H groups in total. The second kappa shape index (κ2) is 9.10. The van der Waals surface area contributed by atoms with E-state index in [1.165, 1.54) is 5.56 Å². The van der Waals surface area contributed by atoms with Crippen LogP contribution in [-0.2, 0) is 0 Å². The van der Waals surface area contributed by atoms with Crippen molar-refractivity contribution in [1.29, 1.82) is 0 Å². The van der Waals surface area contributed by atoms with Crippen LogP contribution in [0.5, 0.6) is 11.5 Å². The lowest BCUT2D eigenvalue weighted by atomic mass is 10.0. The molecule has 0 fully saturated rings. The second-order valence-electron chi connectivity index (χ2n) is 7.87. The van der Waals surface area contributed by atoms with Gasteiger partial charge >= 0.3 is 0 Å². The Hall–Kier alpha value is -3.86. The molecule has 0 aliphatic heterocycles. The fourth-order valence-corrected chi connectivity index (χ4v) is 3.66.